The second-order valence-electron chi connectivity index (χ2n) is 5.34. The molecule has 1 aromatic carbocycles. The van der Waals surface area contributed by atoms with Gasteiger partial charge in [0.05, 0.1) is 4.90 Å². The van der Waals surface area contributed by atoms with E-state index >= 15 is 0 Å². The van der Waals surface area contributed by atoms with Crippen LogP contribution in [0.4, 0.5) is 0 Å². The Morgan fingerprint density at radius 2 is 1.71 bits per heavy atom. The smallest absolute Gasteiger partial charge is 0.240 e. The summed E-state index contributed by atoms with van der Waals surface area (Å²) in [5.41, 5.74) is 1.10. The summed E-state index contributed by atoms with van der Waals surface area (Å²) in [6.07, 6.45) is 3.75. The number of hydrogen-bond donors (Lipinski definition) is 2. The summed E-state index contributed by atoms with van der Waals surface area (Å²) >= 11 is 0. The first kappa shape index (κ1) is 18.1. The van der Waals surface area contributed by atoms with Gasteiger partial charge in [0.25, 0.3) is 0 Å². The maximum atomic E-state index is 12.3. The molecule has 0 saturated carbocycles. The van der Waals surface area contributed by atoms with Crippen LogP contribution in [0.25, 0.3) is 0 Å². The molecule has 21 heavy (non-hydrogen) atoms. The first-order valence-electron chi connectivity index (χ1n) is 7.85. The molecular weight excluding hydrogens is 284 g/mol. The van der Waals surface area contributed by atoms with Crippen molar-refractivity contribution >= 4 is 10.0 Å². The summed E-state index contributed by atoms with van der Waals surface area (Å²) < 4.78 is 27.4. The fourth-order valence-corrected chi connectivity index (χ4v) is 3.53. The zero-order chi connectivity index (χ0) is 15.7. The summed E-state index contributed by atoms with van der Waals surface area (Å²) in [6.45, 7) is 7.93. The van der Waals surface area contributed by atoms with E-state index < -0.39 is 10.0 Å². The molecule has 1 rings (SSSR count). The summed E-state index contributed by atoms with van der Waals surface area (Å²) in [5.74, 6) is 0. The van der Waals surface area contributed by atoms with E-state index in [1.807, 2.05) is 19.1 Å². The van der Waals surface area contributed by atoms with Crippen molar-refractivity contribution in [1.82, 2.24) is 10.0 Å². The van der Waals surface area contributed by atoms with Crippen molar-refractivity contribution in [3.63, 3.8) is 0 Å². The van der Waals surface area contributed by atoms with Gasteiger partial charge in [-0.2, -0.15) is 0 Å². The van der Waals surface area contributed by atoms with Crippen molar-refractivity contribution in [2.24, 2.45) is 0 Å². The van der Waals surface area contributed by atoms with Crippen LogP contribution in [-0.2, 0) is 16.6 Å². The van der Waals surface area contributed by atoms with Crippen LogP contribution >= 0.6 is 0 Å². The number of nitrogens with one attached hydrogen (secondary N) is 2. The predicted molar refractivity (Wildman–Crippen MR) is 87.7 cm³/mol. The molecule has 0 aliphatic carbocycles. The van der Waals surface area contributed by atoms with Crippen LogP contribution in [-0.4, -0.2) is 21.0 Å². The minimum Gasteiger partial charge on any atom is -0.313 e. The van der Waals surface area contributed by atoms with Crippen molar-refractivity contribution in [2.75, 3.05) is 6.54 Å². The maximum Gasteiger partial charge on any atom is 0.240 e. The van der Waals surface area contributed by atoms with E-state index in [9.17, 15) is 8.42 Å². The van der Waals surface area contributed by atoms with E-state index in [2.05, 4.69) is 23.9 Å². The normalized spacial score (nSPS) is 13.3. The van der Waals surface area contributed by atoms with Gasteiger partial charge in [0, 0.05) is 12.6 Å². The van der Waals surface area contributed by atoms with Gasteiger partial charge < -0.3 is 5.32 Å². The SMILES string of the molecule is CCCNCc1ccc(S(=O)(=O)NC(CC)CCC)cc1. The van der Waals surface area contributed by atoms with Crippen molar-refractivity contribution in [3.8, 4) is 0 Å². The third kappa shape index (κ3) is 6.16. The lowest BCUT2D eigenvalue weighted by molar-refractivity contribution is 0.512. The van der Waals surface area contributed by atoms with Crippen LogP contribution in [0.15, 0.2) is 29.2 Å². The Morgan fingerprint density at radius 3 is 2.24 bits per heavy atom. The van der Waals surface area contributed by atoms with Crippen molar-refractivity contribution in [3.05, 3.63) is 29.8 Å². The molecule has 0 heterocycles. The van der Waals surface area contributed by atoms with Gasteiger partial charge in [-0.3, -0.25) is 0 Å². The quantitative estimate of drug-likeness (QED) is 0.653. The third-order valence-corrected chi connectivity index (χ3v) is 4.98. The summed E-state index contributed by atoms with van der Waals surface area (Å²) in [4.78, 5) is 0.344. The number of sulfonamides is 1. The van der Waals surface area contributed by atoms with Crippen LogP contribution in [0.2, 0.25) is 0 Å². The molecule has 1 atom stereocenters. The molecule has 0 aliphatic heterocycles. The van der Waals surface area contributed by atoms with Crippen LogP contribution < -0.4 is 10.0 Å². The molecule has 0 radical (unpaired) electrons. The molecule has 2 N–H and O–H groups in total. The van der Waals surface area contributed by atoms with E-state index in [4.69, 9.17) is 0 Å². The van der Waals surface area contributed by atoms with Gasteiger partial charge in [0.1, 0.15) is 0 Å². The highest BCUT2D eigenvalue weighted by molar-refractivity contribution is 7.89. The second-order valence-corrected chi connectivity index (χ2v) is 7.05. The van der Waals surface area contributed by atoms with Gasteiger partial charge >= 0.3 is 0 Å². The summed E-state index contributed by atoms with van der Waals surface area (Å²) in [6, 6.07) is 7.13. The van der Waals surface area contributed by atoms with Gasteiger partial charge in [-0.1, -0.05) is 39.3 Å². The lowest BCUT2D eigenvalue weighted by Gasteiger charge is -2.16. The lowest BCUT2D eigenvalue weighted by Crippen LogP contribution is -2.34. The maximum absolute atomic E-state index is 12.3. The van der Waals surface area contributed by atoms with Gasteiger partial charge in [-0.15, -0.1) is 0 Å². The zero-order valence-corrected chi connectivity index (χ0v) is 14.2. The lowest BCUT2D eigenvalue weighted by atomic mass is 10.1. The standard InChI is InChI=1S/C16H28N2O2S/c1-4-7-15(6-3)18-21(19,20)16-10-8-14(9-11-16)13-17-12-5-2/h8-11,15,17-18H,4-7,12-13H2,1-3H3. The average Bonchev–Trinajstić information content (AvgIpc) is 2.47. The van der Waals surface area contributed by atoms with Crippen molar-refractivity contribution < 1.29 is 8.42 Å². The van der Waals surface area contributed by atoms with Crippen LogP contribution in [0.3, 0.4) is 0 Å². The molecular formula is C16H28N2O2S. The molecule has 0 aromatic heterocycles. The Labute approximate surface area is 129 Å². The fraction of sp³-hybridized carbons (Fsp3) is 0.625. The van der Waals surface area contributed by atoms with Gasteiger partial charge in [-0.25, -0.2) is 13.1 Å². The molecule has 0 saturated heterocycles. The van der Waals surface area contributed by atoms with E-state index in [0.29, 0.717) is 4.90 Å². The van der Waals surface area contributed by atoms with Crippen LogP contribution in [0.1, 0.15) is 52.0 Å². The van der Waals surface area contributed by atoms with Gasteiger partial charge in [-0.05, 0) is 43.5 Å². The zero-order valence-electron chi connectivity index (χ0n) is 13.4. The molecule has 0 bridgehead atoms. The fourth-order valence-electron chi connectivity index (χ4n) is 2.18. The molecule has 0 spiro atoms. The van der Waals surface area contributed by atoms with Crippen LogP contribution in [0.5, 0.6) is 0 Å². The van der Waals surface area contributed by atoms with E-state index in [-0.39, 0.29) is 6.04 Å². The molecule has 1 aromatic rings. The highest BCUT2D eigenvalue weighted by atomic mass is 32.2. The molecule has 120 valence electrons. The highest BCUT2D eigenvalue weighted by Crippen LogP contribution is 2.13. The summed E-state index contributed by atoms with van der Waals surface area (Å²) in [7, 11) is -3.41. The Bertz CT molecular complexity index is 498. The molecule has 1 unspecified atom stereocenters. The molecule has 0 amide bonds. The van der Waals surface area contributed by atoms with Crippen molar-refractivity contribution in [1.29, 1.82) is 0 Å². The first-order chi connectivity index (χ1) is 10.0. The van der Waals surface area contributed by atoms with Crippen LogP contribution in [0, 0.1) is 0 Å². The Balaban J connectivity index is 2.70. The Hall–Kier alpha value is -0.910. The molecule has 5 heteroatoms. The van der Waals surface area contributed by atoms with E-state index in [1.165, 1.54) is 0 Å². The average molecular weight is 312 g/mol. The number of rotatable bonds is 10. The Kier molecular flexibility index (Phi) is 7.93. The van der Waals surface area contributed by atoms with Gasteiger partial charge in [0.2, 0.25) is 10.0 Å². The topological polar surface area (TPSA) is 58.2 Å². The van der Waals surface area contributed by atoms with Crippen molar-refractivity contribution in [2.45, 2.75) is 63.9 Å². The molecule has 0 fully saturated rings. The first-order valence-corrected chi connectivity index (χ1v) is 9.33. The minimum atomic E-state index is -3.41. The van der Waals surface area contributed by atoms with Gasteiger partial charge in [0.15, 0.2) is 0 Å². The Morgan fingerprint density at radius 1 is 1.05 bits per heavy atom. The minimum absolute atomic E-state index is 0.0193. The highest BCUT2D eigenvalue weighted by Gasteiger charge is 2.18. The second kappa shape index (κ2) is 9.18. The number of benzene rings is 1. The number of hydrogen-bond acceptors (Lipinski definition) is 3. The molecule has 4 nitrogen and oxygen atoms in total. The predicted octanol–water partition coefficient (Wildman–Crippen LogP) is 3.04. The monoisotopic (exact) mass is 312 g/mol. The van der Waals surface area contributed by atoms with E-state index in [0.717, 1.165) is 44.3 Å². The largest absolute Gasteiger partial charge is 0.313 e. The summed E-state index contributed by atoms with van der Waals surface area (Å²) in [5, 5.41) is 3.30. The molecule has 0 aliphatic rings. The van der Waals surface area contributed by atoms with E-state index in [1.54, 1.807) is 12.1 Å². The third-order valence-electron chi connectivity index (χ3n) is 3.44.